The Bertz CT molecular complexity index is 1090. The van der Waals surface area contributed by atoms with Crippen LogP contribution < -0.4 is 10.9 Å². The Labute approximate surface area is 177 Å². The van der Waals surface area contributed by atoms with E-state index in [-0.39, 0.29) is 17.9 Å². The first kappa shape index (κ1) is 20.4. The Morgan fingerprint density at radius 2 is 1.83 bits per heavy atom. The summed E-state index contributed by atoms with van der Waals surface area (Å²) in [5.41, 5.74) is 3.46. The average molecular weight is 404 g/mol. The number of nitrogens with one attached hydrogen (secondary N) is 2. The molecule has 2 heterocycles. The molecule has 5 nitrogen and oxygen atoms in total. The molecule has 1 aliphatic rings. The summed E-state index contributed by atoms with van der Waals surface area (Å²) in [6.07, 6.45) is 3.89. The van der Waals surface area contributed by atoms with Crippen LogP contribution in [0.1, 0.15) is 42.9 Å². The highest BCUT2D eigenvalue weighted by atomic mass is 16.2. The normalized spacial score (nSPS) is 17.2. The number of piperidine rings is 1. The molecular weight excluding hydrogens is 374 g/mol. The molecular formula is C25H29N3O2. The lowest BCUT2D eigenvalue weighted by atomic mass is 10.0. The summed E-state index contributed by atoms with van der Waals surface area (Å²) in [4.78, 5) is 30.2. The fourth-order valence-electron chi connectivity index (χ4n) is 4.25. The maximum Gasteiger partial charge on any atom is 0.252 e. The van der Waals surface area contributed by atoms with Crippen molar-refractivity contribution in [3.63, 3.8) is 0 Å². The number of carbonyl (C=O) groups is 1. The molecule has 1 atom stereocenters. The standard InChI is InChI=1S/C25H29N3O2/c1-18-8-6-7-13-28(18)17-21-11-3-2-10-20(21)16-26-24(29)15-22-14-19-9-4-5-12-23(19)27-25(22)30/h2-5,9-12,14,18H,6-8,13,15-17H2,1H3,(H,26,29)(H,27,30). The lowest BCUT2D eigenvalue weighted by molar-refractivity contribution is -0.120. The molecule has 4 rings (SSSR count). The van der Waals surface area contributed by atoms with Gasteiger partial charge < -0.3 is 10.3 Å². The zero-order valence-electron chi connectivity index (χ0n) is 17.5. The van der Waals surface area contributed by atoms with Gasteiger partial charge in [0.2, 0.25) is 5.91 Å². The molecule has 0 spiro atoms. The highest BCUT2D eigenvalue weighted by Crippen LogP contribution is 2.21. The molecule has 156 valence electrons. The summed E-state index contributed by atoms with van der Waals surface area (Å²) in [6.45, 7) is 4.82. The van der Waals surface area contributed by atoms with Gasteiger partial charge in [0.15, 0.2) is 0 Å². The summed E-state index contributed by atoms with van der Waals surface area (Å²) in [7, 11) is 0. The molecule has 30 heavy (non-hydrogen) atoms. The second kappa shape index (κ2) is 9.26. The van der Waals surface area contributed by atoms with Gasteiger partial charge in [-0.1, -0.05) is 48.9 Å². The first-order valence-electron chi connectivity index (χ1n) is 10.8. The molecule has 1 saturated heterocycles. The topological polar surface area (TPSA) is 65.2 Å². The van der Waals surface area contributed by atoms with E-state index in [1.807, 2.05) is 30.3 Å². The second-order valence-electron chi connectivity index (χ2n) is 8.25. The van der Waals surface area contributed by atoms with E-state index in [0.717, 1.165) is 29.6 Å². The summed E-state index contributed by atoms with van der Waals surface area (Å²) in [5, 5.41) is 3.93. The van der Waals surface area contributed by atoms with Crippen LogP contribution in [0.3, 0.4) is 0 Å². The van der Waals surface area contributed by atoms with E-state index in [1.165, 1.54) is 24.8 Å². The second-order valence-corrected chi connectivity index (χ2v) is 8.25. The Morgan fingerprint density at radius 3 is 2.67 bits per heavy atom. The average Bonchev–Trinajstić information content (AvgIpc) is 2.75. The molecule has 2 aromatic carbocycles. The number of amides is 1. The van der Waals surface area contributed by atoms with E-state index >= 15 is 0 Å². The molecule has 0 radical (unpaired) electrons. The third-order valence-corrected chi connectivity index (χ3v) is 6.09. The number of para-hydroxylation sites is 1. The van der Waals surface area contributed by atoms with Crippen molar-refractivity contribution in [1.29, 1.82) is 0 Å². The first-order chi connectivity index (χ1) is 14.6. The fourth-order valence-corrected chi connectivity index (χ4v) is 4.25. The quantitative estimate of drug-likeness (QED) is 0.659. The molecule has 3 aromatic rings. The summed E-state index contributed by atoms with van der Waals surface area (Å²) in [5.74, 6) is -0.142. The largest absolute Gasteiger partial charge is 0.352 e. The van der Waals surface area contributed by atoms with Crippen LogP contribution in [-0.4, -0.2) is 28.4 Å². The van der Waals surface area contributed by atoms with Gasteiger partial charge in [0.25, 0.3) is 5.56 Å². The van der Waals surface area contributed by atoms with E-state index in [2.05, 4.69) is 40.3 Å². The van der Waals surface area contributed by atoms with Crippen molar-refractivity contribution in [1.82, 2.24) is 15.2 Å². The van der Waals surface area contributed by atoms with E-state index in [1.54, 1.807) is 6.07 Å². The molecule has 1 aromatic heterocycles. The van der Waals surface area contributed by atoms with Crippen molar-refractivity contribution in [3.05, 3.63) is 81.6 Å². The zero-order chi connectivity index (χ0) is 20.9. The molecule has 0 bridgehead atoms. The highest BCUT2D eigenvalue weighted by molar-refractivity contribution is 5.82. The molecule has 0 aliphatic carbocycles. The van der Waals surface area contributed by atoms with Gasteiger partial charge in [0.05, 0.1) is 6.42 Å². The molecule has 2 N–H and O–H groups in total. The predicted molar refractivity (Wildman–Crippen MR) is 120 cm³/mol. The summed E-state index contributed by atoms with van der Waals surface area (Å²) in [6, 6.07) is 18.3. The number of pyridine rings is 1. The zero-order valence-corrected chi connectivity index (χ0v) is 17.5. The molecule has 1 fully saturated rings. The van der Waals surface area contributed by atoms with Gasteiger partial charge in [-0.15, -0.1) is 0 Å². The lowest BCUT2D eigenvalue weighted by Crippen LogP contribution is -2.37. The van der Waals surface area contributed by atoms with E-state index in [4.69, 9.17) is 0 Å². The molecule has 0 saturated carbocycles. The number of benzene rings is 2. The van der Waals surface area contributed by atoms with Crippen LogP contribution in [0.5, 0.6) is 0 Å². The Morgan fingerprint density at radius 1 is 1.07 bits per heavy atom. The van der Waals surface area contributed by atoms with Crippen LogP contribution in [0.15, 0.2) is 59.4 Å². The number of hydrogen-bond acceptors (Lipinski definition) is 3. The number of carbonyl (C=O) groups excluding carboxylic acids is 1. The number of nitrogens with zero attached hydrogens (tertiary/aromatic N) is 1. The van der Waals surface area contributed by atoms with Crippen molar-refractivity contribution in [2.75, 3.05) is 6.54 Å². The fraction of sp³-hybridized carbons (Fsp3) is 0.360. The molecule has 1 aliphatic heterocycles. The van der Waals surface area contributed by atoms with Gasteiger partial charge in [-0.2, -0.15) is 0 Å². The smallest absolute Gasteiger partial charge is 0.252 e. The lowest BCUT2D eigenvalue weighted by Gasteiger charge is -2.33. The number of H-pyrrole nitrogens is 1. The van der Waals surface area contributed by atoms with E-state index in [0.29, 0.717) is 18.2 Å². The third kappa shape index (κ3) is 4.79. The SMILES string of the molecule is CC1CCCCN1Cc1ccccc1CNC(=O)Cc1cc2ccccc2[nH]c1=O. The van der Waals surface area contributed by atoms with Crippen LogP contribution in [0.4, 0.5) is 0 Å². The van der Waals surface area contributed by atoms with Gasteiger partial charge in [0.1, 0.15) is 0 Å². The predicted octanol–water partition coefficient (Wildman–Crippen LogP) is 3.76. The monoisotopic (exact) mass is 403 g/mol. The van der Waals surface area contributed by atoms with Crippen molar-refractivity contribution in [3.8, 4) is 0 Å². The van der Waals surface area contributed by atoms with Crippen LogP contribution in [0, 0.1) is 0 Å². The molecule has 5 heteroatoms. The van der Waals surface area contributed by atoms with E-state index in [9.17, 15) is 9.59 Å². The number of hydrogen-bond donors (Lipinski definition) is 2. The first-order valence-corrected chi connectivity index (χ1v) is 10.8. The van der Waals surface area contributed by atoms with Crippen molar-refractivity contribution in [2.45, 2.75) is 51.7 Å². The van der Waals surface area contributed by atoms with Crippen LogP contribution in [0.25, 0.3) is 10.9 Å². The molecule has 1 amide bonds. The van der Waals surface area contributed by atoms with Gasteiger partial charge in [-0.25, -0.2) is 0 Å². The maximum atomic E-state index is 12.6. The Balaban J connectivity index is 1.41. The van der Waals surface area contributed by atoms with Crippen molar-refractivity contribution < 1.29 is 4.79 Å². The number of likely N-dealkylation sites (tertiary alicyclic amines) is 1. The van der Waals surface area contributed by atoms with E-state index < -0.39 is 0 Å². The third-order valence-electron chi connectivity index (χ3n) is 6.09. The van der Waals surface area contributed by atoms with Crippen molar-refractivity contribution in [2.24, 2.45) is 0 Å². The number of aromatic nitrogens is 1. The minimum Gasteiger partial charge on any atom is -0.352 e. The van der Waals surface area contributed by atoms with Gasteiger partial charge in [0, 0.05) is 30.2 Å². The summed E-state index contributed by atoms with van der Waals surface area (Å²) >= 11 is 0. The molecule has 1 unspecified atom stereocenters. The van der Waals surface area contributed by atoms with Gasteiger partial charge >= 0.3 is 0 Å². The number of rotatable bonds is 6. The highest BCUT2D eigenvalue weighted by Gasteiger charge is 2.19. The van der Waals surface area contributed by atoms with Crippen LogP contribution in [-0.2, 0) is 24.3 Å². The van der Waals surface area contributed by atoms with Gasteiger partial charge in [-0.05, 0) is 55.0 Å². The Kier molecular flexibility index (Phi) is 6.29. The van der Waals surface area contributed by atoms with Crippen molar-refractivity contribution >= 4 is 16.8 Å². The van der Waals surface area contributed by atoms with Crippen LogP contribution >= 0.6 is 0 Å². The number of fused-ring (bicyclic) bond motifs is 1. The minimum atomic E-state index is -0.205. The maximum absolute atomic E-state index is 12.6. The minimum absolute atomic E-state index is 0.0749. The Hall–Kier alpha value is -2.92. The van der Waals surface area contributed by atoms with Gasteiger partial charge in [-0.3, -0.25) is 14.5 Å². The van der Waals surface area contributed by atoms with Crippen LogP contribution in [0.2, 0.25) is 0 Å². The summed E-state index contributed by atoms with van der Waals surface area (Å²) < 4.78 is 0. The number of aromatic amines is 1.